The van der Waals surface area contributed by atoms with Gasteiger partial charge in [0.25, 0.3) is 5.92 Å². The molecule has 0 aromatic heterocycles. The van der Waals surface area contributed by atoms with E-state index in [1.807, 2.05) is 0 Å². The van der Waals surface area contributed by atoms with E-state index in [1.165, 1.54) is 0 Å². The van der Waals surface area contributed by atoms with Crippen molar-refractivity contribution in [2.75, 3.05) is 19.8 Å². The number of hydrogen-bond acceptors (Lipinski definition) is 3. The molecule has 3 nitrogen and oxygen atoms in total. The van der Waals surface area contributed by atoms with Gasteiger partial charge in [-0.3, -0.25) is 0 Å². The van der Waals surface area contributed by atoms with Crippen LogP contribution in [0.5, 0.6) is 0 Å². The van der Waals surface area contributed by atoms with Crippen LogP contribution >= 0.6 is 0 Å². The Hall–Kier alpha value is -0.260. The molecule has 0 aromatic rings. The predicted octanol–water partition coefficient (Wildman–Crippen LogP) is 1.12. The summed E-state index contributed by atoms with van der Waals surface area (Å²) in [5.74, 6) is -4.23. The van der Waals surface area contributed by atoms with Crippen LogP contribution < -0.4 is 5.73 Å². The van der Waals surface area contributed by atoms with Crippen LogP contribution in [0.15, 0.2) is 0 Å². The SMILES string of the molecule is NCC1CC2(CCC1(F)F)OCCO2. The average molecular weight is 207 g/mol. The number of alkyl halides is 2. The largest absolute Gasteiger partial charge is 0.348 e. The van der Waals surface area contributed by atoms with Crippen molar-refractivity contribution in [1.82, 2.24) is 0 Å². The highest BCUT2D eigenvalue weighted by Gasteiger charge is 2.52. The fourth-order valence-electron chi connectivity index (χ4n) is 2.20. The molecular weight excluding hydrogens is 192 g/mol. The Labute approximate surface area is 81.5 Å². The van der Waals surface area contributed by atoms with Gasteiger partial charge < -0.3 is 15.2 Å². The lowest BCUT2D eigenvalue weighted by Gasteiger charge is -2.40. The summed E-state index contributed by atoms with van der Waals surface area (Å²) in [5.41, 5.74) is 5.34. The summed E-state index contributed by atoms with van der Waals surface area (Å²) in [6.45, 7) is 0.993. The molecule has 1 saturated heterocycles. The van der Waals surface area contributed by atoms with E-state index in [2.05, 4.69) is 0 Å². The van der Waals surface area contributed by atoms with E-state index < -0.39 is 17.6 Å². The molecule has 0 bridgehead atoms. The molecule has 82 valence electrons. The van der Waals surface area contributed by atoms with Crippen molar-refractivity contribution in [3.63, 3.8) is 0 Å². The van der Waals surface area contributed by atoms with Gasteiger partial charge in [-0.2, -0.15) is 0 Å². The maximum atomic E-state index is 13.3. The number of halogens is 2. The zero-order valence-corrected chi connectivity index (χ0v) is 7.97. The van der Waals surface area contributed by atoms with Crippen molar-refractivity contribution < 1.29 is 18.3 Å². The van der Waals surface area contributed by atoms with E-state index in [-0.39, 0.29) is 25.8 Å². The van der Waals surface area contributed by atoms with Crippen LogP contribution in [0.3, 0.4) is 0 Å². The van der Waals surface area contributed by atoms with E-state index >= 15 is 0 Å². The Kier molecular flexibility index (Phi) is 2.49. The number of hydrogen-bond donors (Lipinski definition) is 1. The zero-order chi connectivity index (χ0) is 10.2. The average Bonchev–Trinajstić information content (AvgIpc) is 2.59. The summed E-state index contributed by atoms with van der Waals surface area (Å²) < 4.78 is 37.4. The van der Waals surface area contributed by atoms with Gasteiger partial charge in [-0.25, -0.2) is 8.78 Å². The van der Waals surface area contributed by atoms with E-state index in [0.717, 1.165) is 0 Å². The molecule has 1 heterocycles. The van der Waals surface area contributed by atoms with Gasteiger partial charge in [-0.1, -0.05) is 0 Å². The third-order valence-electron chi connectivity index (χ3n) is 3.09. The van der Waals surface area contributed by atoms with Crippen LogP contribution in [0.25, 0.3) is 0 Å². The first-order valence-corrected chi connectivity index (χ1v) is 4.94. The van der Waals surface area contributed by atoms with Crippen molar-refractivity contribution in [2.45, 2.75) is 31.0 Å². The van der Waals surface area contributed by atoms with Gasteiger partial charge in [0.05, 0.1) is 13.2 Å². The highest BCUT2D eigenvalue weighted by atomic mass is 19.3. The molecule has 1 aliphatic heterocycles. The molecule has 5 heteroatoms. The topological polar surface area (TPSA) is 44.5 Å². The highest BCUT2D eigenvalue weighted by Crippen LogP contribution is 2.45. The van der Waals surface area contributed by atoms with Gasteiger partial charge in [0.1, 0.15) is 0 Å². The molecule has 0 amide bonds. The Morgan fingerprint density at radius 2 is 1.86 bits per heavy atom. The van der Waals surface area contributed by atoms with Crippen molar-refractivity contribution in [2.24, 2.45) is 11.7 Å². The predicted molar refractivity (Wildman–Crippen MR) is 46.0 cm³/mol. The lowest BCUT2D eigenvalue weighted by atomic mass is 9.81. The maximum absolute atomic E-state index is 13.3. The van der Waals surface area contributed by atoms with Crippen molar-refractivity contribution in [1.29, 1.82) is 0 Å². The fraction of sp³-hybridized carbons (Fsp3) is 1.00. The van der Waals surface area contributed by atoms with Gasteiger partial charge in [0.2, 0.25) is 0 Å². The Balaban J connectivity index is 2.08. The molecule has 1 atom stereocenters. The van der Waals surface area contributed by atoms with Crippen LogP contribution in [0, 0.1) is 5.92 Å². The molecular formula is C9H15F2NO2. The van der Waals surface area contributed by atoms with E-state index in [9.17, 15) is 8.78 Å². The van der Waals surface area contributed by atoms with Gasteiger partial charge in [-0.15, -0.1) is 0 Å². The summed E-state index contributed by atoms with van der Waals surface area (Å²) in [5, 5.41) is 0. The van der Waals surface area contributed by atoms with Gasteiger partial charge >= 0.3 is 0 Å². The third-order valence-corrected chi connectivity index (χ3v) is 3.09. The molecule has 1 spiro atoms. The zero-order valence-electron chi connectivity index (χ0n) is 7.97. The van der Waals surface area contributed by atoms with Crippen molar-refractivity contribution in [3.05, 3.63) is 0 Å². The smallest absolute Gasteiger partial charge is 0.252 e. The third kappa shape index (κ3) is 1.64. The van der Waals surface area contributed by atoms with Crippen LogP contribution in [0.4, 0.5) is 8.78 Å². The second-order valence-corrected chi connectivity index (χ2v) is 4.01. The standard InChI is InChI=1S/C9H15F2NO2/c10-9(11)2-1-8(5-7(9)6-12)13-3-4-14-8/h7H,1-6,12H2. The van der Waals surface area contributed by atoms with Crippen molar-refractivity contribution >= 4 is 0 Å². The molecule has 2 fully saturated rings. The molecule has 2 aliphatic rings. The molecule has 2 N–H and O–H groups in total. The molecule has 1 saturated carbocycles. The normalized spacial score (nSPS) is 34.9. The maximum Gasteiger partial charge on any atom is 0.252 e. The first-order chi connectivity index (χ1) is 6.58. The molecule has 0 aromatic carbocycles. The minimum atomic E-state index is -2.66. The van der Waals surface area contributed by atoms with Crippen LogP contribution in [0.2, 0.25) is 0 Å². The number of nitrogens with two attached hydrogens (primary N) is 1. The second kappa shape index (κ2) is 3.40. The summed E-state index contributed by atoms with van der Waals surface area (Å²) in [6, 6.07) is 0. The summed E-state index contributed by atoms with van der Waals surface area (Å²) >= 11 is 0. The summed E-state index contributed by atoms with van der Waals surface area (Å²) in [4.78, 5) is 0. The minimum absolute atomic E-state index is 0.0124. The first-order valence-electron chi connectivity index (χ1n) is 4.94. The Bertz CT molecular complexity index is 217. The van der Waals surface area contributed by atoms with Crippen LogP contribution in [-0.2, 0) is 9.47 Å². The first kappa shape index (κ1) is 10.3. The second-order valence-electron chi connectivity index (χ2n) is 4.01. The molecule has 14 heavy (non-hydrogen) atoms. The van der Waals surface area contributed by atoms with Gasteiger partial charge in [-0.05, 0) is 0 Å². The quantitative estimate of drug-likeness (QED) is 0.700. The Morgan fingerprint density at radius 3 is 2.43 bits per heavy atom. The summed E-state index contributed by atoms with van der Waals surface area (Å²) in [7, 11) is 0. The molecule has 0 radical (unpaired) electrons. The molecule has 1 unspecified atom stereocenters. The summed E-state index contributed by atoms with van der Waals surface area (Å²) in [6.07, 6.45) is 0.307. The molecule has 1 aliphatic carbocycles. The van der Waals surface area contributed by atoms with Gasteiger partial charge in [0, 0.05) is 31.7 Å². The van der Waals surface area contributed by atoms with Gasteiger partial charge in [0.15, 0.2) is 5.79 Å². The molecule has 2 rings (SSSR count). The van der Waals surface area contributed by atoms with Crippen LogP contribution in [-0.4, -0.2) is 31.5 Å². The van der Waals surface area contributed by atoms with E-state index in [4.69, 9.17) is 15.2 Å². The van der Waals surface area contributed by atoms with Crippen molar-refractivity contribution in [3.8, 4) is 0 Å². The monoisotopic (exact) mass is 207 g/mol. The van der Waals surface area contributed by atoms with E-state index in [1.54, 1.807) is 0 Å². The number of ether oxygens (including phenoxy) is 2. The lowest BCUT2D eigenvalue weighted by Crippen LogP contribution is -2.48. The van der Waals surface area contributed by atoms with Crippen LogP contribution in [0.1, 0.15) is 19.3 Å². The number of rotatable bonds is 1. The minimum Gasteiger partial charge on any atom is -0.348 e. The lowest BCUT2D eigenvalue weighted by molar-refractivity contribution is -0.230. The van der Waals surface area contributed by atoms with E-state index in [0.29, 0.717) is 13.2 Å². The Morgan fingerprint density at radius 1 is 1.21 bits per heavy atom. The fourth-order valence-corrected chi connectivity index (χ4v) is 2.20. The highest BCUT2D eigenvalue weighted by molar-refractivity contribution is 4.92.